The SMILES string of the molecule is Cc1cccc(-c2ncnc3c2CNC3)c1. The van der Waals surface area contributed by atoms with Crippen molar-refractivity contribution >= 4 is 0 Å². The molecule has 0 aliphatic carbocycles. The van der Waals surface area contributed by atoms with E-state index in [4.69, 9.17) is 0 Å². The zero-order valence-corrected chi connectivity index (χ0v) is 9.20. The Bertz CT molecular complexity index is 534. The second kappa shape index (κ2) is 3.68. The van der Waals surface area contributed by atoms with Gasteiger partial charge >= 0.3 is 0 Å². The molecule has 1 aromatic carbocycles. The van der Waals surface area contributed by atoms with Crippen molar-refractivity contribution in [2.24, 2.45) is 0 Å². The molecule has 0 bridgehead atoms. The number of nitrogens with one attached hydrogen (secondary N) is 1. The Morgan fingerprint density at radius 2 is 2.12 bits per heavy atom. The molecule has 2 aromatic rings. The van der Waals surface area contributed by atoms with Gasteiger partial charge in [-0.25, -0.2) is 9.97 Å². The number of nitrogens with zero attached hydrogens (tertiary/aromatic N) is 2. The van der Waals surface area contributed by atoms with Gasteiger partial charge in [0, 0.05) is 24.2 Å². The Labute approximate surface area is 94.6 Å². The van der Waals surface area contributed by atoms with Crippen molar-refractivity contribution in [2.75, 3.05) is 0 Å². The molecule has 1 aliphatic rings. The maximum absolute atomic E-state index is 4.41. The van der Waals surface area contributed by atoms with Crippen LogP contribution in [0.2, 0.25) is 0 Å². The van der Waals surface area contributed by atoms with E-state index in [1.165, 1.54) is 16.7 Å². The molecular formula is C13H13N3. The number of rotatable bonds is 1. The van der Waals surface area contributed by atoms with Crippen molar-refractivity contribution in [1.29, 1.82) is 0 Å². The molecule has 1 aromatic heterocycles. The highest BCUT2D eigenvalue weighted by molar-refractivity contribution is 5.64. The summed E-state index contributed by atoms with van der Waals surface area (Å²) in [5.41, 5.74) is 5.89. The number of benzene rings is 1. The summed E-state index contributed by atoms with van der Waals surface area (Å²) >= 11 is 0. The van der Waals surface area contributed by atoms with E-state index < -0.39 is 0 Å². The number of fused-ring (bicyclic) bond motifs is 1. The molecule has 0 fully saturated rings. The van der Waals surface area contributed by atoms with Crippen LogP contribution >= 0.6 is 0 Å². The summed E-state index contributed by atoms with van der Waals surface area (Å²) in [6, 6.07) is 8.44. The summed E-state index contributed by atoms with van der Waals surface area (Å²) in [5, 5.41) is 3.31. The lowest BCUT2D eigenvalue weighted by Gasteiger charge is -2.06. The van der Waals surface area contributed by atoms with Crippen LogP contribution in [-0.4, -0.2) is 9.97 Å². The number of hydrogen-bond donors (Lipinski definition) is 1. The van der Waals surface area contributed by atoms with E-state index in [0.717, 1.165) is 24.5 Å². The topological polar surface area (TPSA) is 37.8 Å². The maximum atomic E-state index is 4.41. The largest absolute Gasteiger partial charge is 0.307 e. The van der Waals surface area contributed by atoms with Crippen LogP contribution in [0.5, 0.6) is 0 Å². The Kier molecular flexibility index (Phi) is 2.18. The molecule has 2 heterocycles. The van der Waals surface area contributed by atoms with Gasteiger partial charge in [-0.1, -0.05) is 23.8 Å². The summed E-state index contributed by atoms with van der Waals surface area (Å²) in [6.45, 7) is 3.83. The highest BCUT2D eigenvalue weighted by Gasteiger charge is 2.17. The van der Waals surface area contributed by atoms with Crippen LogP contribution in [0, 0.1) is 6.92 Å². The van der Waals surface area contributed by atoms with E-state index >= 15 is 0 Å². The zero-order valence-electron chi connectivity index (χ0n) is 9.20. The van der Waals surface area contributed by atoms with Gasteiger partial charge < -0.3 is 5.32 Å². The van der Waals surface area contributed by atoms with Crippen molar-refractivity contribution in [3.8, 4) is 11.3 Å². The average Bonchev–Trinajstić information content (AvgIpc) is 2.76. The van der Waals surface area contributed by atoms with Gasteiger partial charge in [0.1, 0.15) is 6.33 Å². The summed E-state index contributed by atoms with van der Waals surface area (Å²) in [4.78, 5) is 8.70. The Morgan fingerprint density at radius 3 is 3.00 bits per heavy atom. The fraction of sp³-hybridized carbons (Fsp3) is 0.231. The summed E-state index contributed by atoms with van der Waals surface area (Å²) in [5.74, 6) is 0. The second-order valence-electron chi connectivity index (χ2n) is 4.12. The molecule has 3 nitrogen and oxygen atoms in total. The standard InChI is InChI=1S/C13H13N3/c1-9-3-2-4-10(5-9)13-11-6-14-7-12(11)15-8-16-13/h2-5,8,14H,6-7H2,1H3. The molecule has 0 saturated heterocycles. The van der Waals surface area contributed by atoms with Crippen LogP contribution in [0.25, 0.3) is 11.3 Å². The third kappa shape index (κ3) is 1.49. The number of aryl methyl sites for hydroxylation is 1. The van der Waals surface area contributed by atoms with Gasteiger partial charge in [-0.05, 0) is 13.0 Å². The second-order valence-corrected chi connectivity index (χ2v) is 4.12. The van der Waals surface area contributed by atoms with Gasteiger partial charge in [0.2, 0.25) is 0 Å². The molecule has 16 heavy (non-hydrogen) atoms. The first-order chi connectivity index (χ1) is 7.84. The lowest BCUT2D eigenvalue weighted by Crippen LogP contribution is -2.00. The van der Waals surface area contributed by atoms with Crippen molar-refractivity contribution in [1.82, 2.24) is 15.3 Å². The maximum Gasteiger partial charge on any atom is 0.116 e. The average molecular weight is 211 g/mol. The van der Waals surface area contributed by atoms with Gasteiger partial charge in [0.15, 0.2) is 0 Å². The molecule has 0 amide bonds. The highest BCUT2D eigenvalue weighted by atomic mass is 15.0. The van der Waals surface area contributed by atoms with Gasteiger partial charge in [0.25, 0.3) is 0 Å². The quantitative estimate of drug-likeness (QED) is 0.784. The van der Waals surface area contributed by atoms with Crippen LogP contribution in [0.3, 0.4) is 0 Å². The molecule has 0 atom stereocenters. The monoisotopic (exact) mass is 211 g/mol. The van der Waals surface area contributed by atoms with E-state index in [0.29, 0.717) is 0 Å². The van der Waals surface area contributed by atoms with Crippen LogP contribution < -0.4 is 5.32 Å². The van der Waals surface area contributed by atoms with Crippen LogP contribution in [-0.2, 0) is 13.1 Å². The molecule has 80 valence electrons. The first-order valence-electron chi connectivity index (χ1n) is 5.45. The minimum absolute atomic E-state index is 0.858. The van der Waals surface area contributed by atoms with Crippen molar-refractivity contribution in [3.05, 3.63) is 47.4 Å². The van der Waals surface area contributed by atoms with Crippen LogP contribution in [0.15, 0.2) is 30.6 Å². The van der Waals surface area contributed by atoms with Crippen LogP contribution in [0.4, 0.5) is 0 Å². The van der Waals surface area contributed by atoms with Gasteiger partial charge in [-0.15, -0.1) is 0 Å². The molecule has 3 rings (SSSR count). The molecule has 0 radical (unpaired) electrons. The van der Waals surface area contributed by atoms with Gasteiger partial charge in [0.05, 0.1) is 11.4 Å². The number of aromatic nitrogens is 2. The van der Waals surface area contributed by atoms with Crippen LogP contribution in [0.1, 0.15) is 16.8 Å². The van der Waals surface area contributed by atoms with E-state index in [-0.39, 0.29) is 0 Å². The third-order valence-electron chi connectivity index (χ3n) is 2.92. The van der Waals surface area contributed by atoms with Crippen molar-refractivity contribution in [3.63, 3.8) is 0 Å². The zero-order chi connectivity index (χ0) is 11.0. The Balaban J connectivity index is 2.17. The normalized spacial score (nSPS) is 13.8. The first kappa shape index (κ1) is 9.48. The first-order valence-corrected chi connectivity index (χ1v) is 5.45. The summed E-state index contributed by atoms with van der Waals surface area (Å²) < 4.78 is 0. The molecule has 0 spiro atoms. The smallest absolute Gasteiger partial charge is 0.116 e. The van der Waals surface area contributed by atoms with Crippen molar-refractivity contribution < 1.29 is 0 Å². The predicted molar refractivity (Wildman–Crippen MR) is 62.7 cm³/mol. The minimum Gasteiger partial charge on any atom is -0.307 e. The molecule has 3 heteroatoms. The molecular weight excluding hydrogens is 198 g/mol. The van der Waals surface area contributed by atoms with Gasteiger partial charge in [-0.3, -0.25) is 0 Å². The van der Waals surface area contributed by atoms with Crippen molar-refractivity contribution in [2.45, 2.75) is 20.0 Å². The van der Waals surface area contributed by atoms with E-state index in [1.807, 2.05) is 0 Å². The molecule has 0 saturated carbocycles. The highest BCUT2D eigenvalue weighted by Crippen LogP contribution is 2.25. The fourth-order valence-corrected chi connectivity index (χ4v) is 2.13. The van der Waals surface area contributed by atoms with E-state index in [2.05, 4.69) is 46.5 Å². The third-order valence-corrected chi connectivity index (χ3v) is 2.92. The summed E-state index contributed by atoms with van der Waals surface area (Å²) in [7, 11) is 0. The Hall–Kier alpha value is -1.74. The minimum atomic E-state index is 0.858. The molecule has 0 unspecified atom stereocenters. The molecule has 1 N–H and O–H groups in total. The lowest BCUT2D eigenvalue weighted by atomic mass is 10.0. The van der Waals surface area contributed by atoms with E-state index in [9.17, 15) is 0 Å². The van der Waals surface area contributed by atoms with E-state index in [1.54, 1.807) is 6.33 Å². The van der Waals surface area contributed by atoms with Gasteiger partial charge in [-0.2, -0.15) is 0 Å². The predicted octanol–water partition coefficient (Wildman–Crippen LogP) is 2.06. The Morgan fingerprint density at radius 1 is 1.19 bits per heavy atom. The summed E-state index contributed by atoms with van der Waals surface area (Å²) in [6.07, 6.45) is 1.66. The fourth-order valence-electron chi connectivity index (χ4n) is 2.13. The number of hydrogen-bond acceptors (Lipinski definition) is 3. The molecule has 1 aliphatic heterocycles. The lowest BCUT2D eigenvalue weighted by molar-refractivity contribution is 0.758.